The fourth-order valence-corrected chi connectivity index (χ4v) is 1.74. The van der Waals surface area contributed by atoms with Gasteiger partial charge in [-0.15, -0.1) is 0 Å². The van der Waals surface area contributed by atoms with E-state index in [4.69, 9.17) is 0 Å². The van der Waals surface area contributed by atoms with Crippen LogP contribution in [-0.2, 0) is 4.79 Å². The average molecular weight is 270 g/mol. The van der Waals surface area contributed by atoms with Crippen molar-refractivity contribution in [1.82, 2.24) is 10.6 Å². The first-order valence-electron chi connectivity index (χ1n) is 6.32. The van der Waals surface area contributed by atoms with E-state index in [1.165, 1.54) is 6.07 Å². The molecule has 0 heterocycles. The molecule has 1 aromatic carbocycles. The zero-order chi connectivity index (χ0) is 14.6. The summed E-state index contributed by atoms with van der Waals surface area (Å²) < 4.78 is 26.0. The standard InChI is InChI=1S/C14H20F2N2O/c1-8(2)17-14(19)10(4)18-9(3)11-5-6-12(15)13(16)7-11/h5-10,18H,1-4H3,(H,17,19)/t9-,10+/m0/s1. The number of rotatable bonds is 5. The Balaban J connectivity index is 2.65. The Morgan fingerprint density at radius 3 is 2.26 bits per heavy atom. The zero-order valence-electron chi connectivity index (χ0n) is 11.6. The molecule has 0 saturated carbocycles. The molecule has 1 aromatic rings. The first-order valence-corrected chi connectivity index (χ1v) is 6.32. The van der Waals surface area contributed by atoms with Crippen molar-refractivity contribution in [3.8, 4) is 0 Å². The van der Waals surface area contributed by atoms with Crippen LogP contribution in [0.1, 0.15) is 39.3 Å². The van der Waals surface area contributed by atoms with Crippen molar-refractivity contribution in [3.63, 3.8) is 0 Å². The quantitative estimate of drug-likeness (QED) is 0.863. The van der Waals surface area contributed by atoms with Gasteiger partial charge in [0, 0.05) is 12.1 Å². The molecule has 0 fully saturated rings. The van der Waals surface area contributed by atoms with Crippen molar-refractivity contribution >= 4 is 5.91 Å². The van der Waals surface area contributed by atoms with Crippen LogP contribution >= 0.6 is 0 Å². The number of hydrogen-bond acceptors (Lipinski definition) is 2. The predicted molar refractivity (Wildman–Crippen MR) is 70.6 cm³/mol. The van der Waals surface area contributed by atoms with Gasteiger partial charge >= 0.3 is 0 Å². The molecule has 0 aliphatic heterocycles. The molecular formula is C14H20F2N2O. The van der Waals surface area contributed by atoms with Gasteiger partial charge in [-0.05, 0) is 45.4 Å². The minimum Gasteiger partial charge on any atom is -0.353 e. The number of nitrogens with one attached hydrogen (secondary N) is 2. The van der Waals surface area contributed by atoms with Crippen molar-refractivity contribution in [3.05, 3.63) is 35.4 Å². The summed E-state index contributed by atoms with van der Waals surface area (Å²) in [6, 6.07) is 3.13. The van der Waals surface area contributed by atoms with E-state index in [2.05, 4.69) is 10.6 Å². The third-order valence-electron chi connectivity index (χ3n) is 2.77. The van der Waals surface area contributed by atoms with Gasteiger partial charge in [0.1, 0.15) is 0 Å². The molecule has 106 valence electrons. The average Bonchev–Trinajstić information content (AvgIpc) is 2.31. The molecule has 19 heavy (non-hydrogen) atoms. The Labute approximate surface area is 112 Å². The highest BCUT2D eigenvalue weighted by atomic mass is 19.2. The second kappa shape index (κ2) is 6.61. The van der Waals surface area contributed by atoms with Crippen LogP contribution in [0.25, 0.3) is 0 Å². The van der Waals surface area contributed by atoms with E-state index in [0.29, 0.717) is 5.56 Å². The van der Waals surface area contributed by atoms with Gasteiger partial charge in [-0.2, -0.15) is 0 Å². The van der Waals surface area contributed by atoms with Crippen molar-refractivity contribution in [1.29, 1.82) is 0 Å². The van der Waals surface area contributed by atoms with E-state index >= 15 is 0 Å². The maximum atomic E-state index is 13.1. The SMILES string of the molecule is CC(C)NC(=O)[C@@H](C)N[C@@H](C)c1ccc(F)c(F)c1. The molecule has 0 aliphatic carbocycles. The lowest BCUT2D eigenvalue weighted by Crippen LogP contribution is -2.45. The number of benzene rings is 1. The maximum Gasteiger partial charge on any atom is 0.237 e. The van der Waals surface area contributed by atoms with Crippen LogP contribution in [0.4, 0.5) is 8.78 Å². The predicted octanol–water partition coefficient (Wildman–Crippen LogP) is 2.53. The van der Waals surface area contributed by atoms with Crippen molar-refractivity contribution in [2.45, 2.75) is 45.8 Å². The van der Waals surface area contributed by atoms with Gasteiger partial charge in [-0.3, -0.25) is 10.1 Å². The van der Waals surface area contributed by atoms with Gasteiger partial charge in [0.2, 0.25) is 5.91 Å². The third kappa shape index (κ3) is 4.59. The van der Waals surface area contributed by atoms with Gasteiger partial charge in [-0.25, -0.2) is 8.78 Å². The van der Waals surface area contributed by atoms with Gasteiger partial charge in [-0.1, -0.05) is 6.07 Å². The number of hydrogen-bond donors (Lipinski definition) is 2. The molecule has 0 unspecified atom stereocenters. The summed E-state index contributed by atoms with van der Waals surface area (Å²) in [5, 5.41) is 5.83. The number of halogens is 2. The van der Waals surface area contributed by atoms with Crippen LogP contribution in [0.5, 0.6) is 0 Å². The number of carbonyl (C=O) groups is 1. The van der Waals surface area contributed by atoms with Crippen LogP contribution in [0.3, 0.4) is 0 Å². The molecule has 1 amide bonds. The second-order valence-electron chi connectivity index (χ2n) is 4.95. The largest absolute Gasteiger partial charge is 0.353 e. The topological polar surface area (TPSA) is 41.1 Å². The van der Waals surface area contributed by atoms with E-state index in [0.717, 1.165) is 12.1 Å². The van der Waals surface area contributed by atoms with Crippen LogP contribution in [0.15, 0.2) is 18.2 Å². The van der Waals surface area contributed by atoms with Crippen LogP contribution in [0.2, 0.25) is 0 Å². The number of amides is 1. The highest BCUT2D eigenvalue weighted by Crippen LogP contribution is 2.16. The molecule has 0 aliphatic rings. The van der Waals surface area contributed by atoms with Crippen molar-refractivity contribution < 1.29 is 13.6 Å². The highest BCUT2D eigenvalue weighted by molar-refractivity contribution is 5.81. The van der Waals surface area contributed by atoms with Crippen LogP contribution < -0.4 is 10.6 Å². The lowest BCUT2D eigenvalue weighted by atomic mass is 10.1. The number of carbonyl (C=O) groups excluding carboxylic acids is 1. The Morgan fingerprint density at radius 1 is 1.11 bits per heavy atom. The Hall–Kier alpha value is -1.49. The van der Waals surface area contributed by atoms with E-state index in [9.17, 15) is 13.6 Å². The van der Waals surface area contributed by atoms with Crippen molar-refractivity contribution in [2.75, 3.05) is 0 Å². The van der Waals surface area contributed by atoms with Gasteiger partial charge in [0.25, 0.3) is 0 Å². The molecular weight excluding hydrogens is 250 g/mol. The molecule has 5 heteroatoms. The third-order valence-corrected chi connectivity index (χ3v) is 2.77. The summed E-state index contributed by atoms with van der Waals surface area (Å²) in [6.07, 6.45) is 0. The van der Waals surface area contributed by atoms with E-state index in [1.807, 2.05) is 13.8 Å². The van der Waals surface area contributed by atoms with Crippen molar-refractivity contribution in [2.24, 2.45) is 0 Å². The summed E-state index contributed by atoms with van der Waals surface area (Å²) >= 11 is 0. The smallest absolute Gasteiger partial charge is 0.237 e. The Kier molecular flexibility index (Phi) is 5.42. The molecule has 0 saturated heterocycles. The van der Waals surface area contributed by atoms with Crippen LogP contribution in [-0.4, -0.2) is 18.0 Å². The molecule has 0 aromatic heterocycles. The fourth-order valence-electron chi connectivity index (χ4n) is 1.74. The highest BCUT2D eigenvalue weighted by Gasteiger charge is 2.17. The fraction of sp³-hybridized carbons (Fsp3) is 0.500. The second-order valence-corrected chi connectivity index (χ2v) is 4.95. The molecule has 0 radical (unpaired) electrons. The monoisotopic (exact) mass is 270 g/mol. The zero-order valence-corrected chi connectivity index (χ0v) is 11.6. The van der Waals surface area contributed by atoms with Crippen LogP contribution in [0, 0.1) is 11.6 Å². The van der Waals surface area contributed by atoms with Gasteiger partial charge < -0.3 is 5.32 Å². The van der Waals surface area contributed by atoms with Gasteiger partial charge in [0.05, 0.1) is 6.04 Å². The summed E-state index contributed by atoms with van der Waals surface area (Å²) in [6.45, 7) is 7.28. The molecule has 2 atom stereocenters. The molecule has 0 bridgehead atoms. The molecule has 3 nitrogen and oxygen atoms in total. The lowest BCUT2D eigenvalue weighted by Gasteiger charge is -2.21. The Morgan fingerprint density at radius 2 is 1.74 bits per heavy atom. The van der Waals surface area contributed by atoms with E-state index in [1.54, 1.807) is 13.8 Å². The summed E-state index contributed by atoms with van der Waals surface area (Å²) in [7, 11) is 0. The molecule has 1 rings (SSSR count). The summed E-state index contributed by atoms with van der Waals surface area (Å²) in [5.74, 6) is -1.88. The Bertz CT molecular complexity index is 449. The summed E-state index contributed by atoms with van der Waals surface area (Å²) in [5.41, 5.74) is 0.600. The first kappa shape index (κ1) is 15.6. The minimum atomic E-state index is -0.884. The first-order chi connectivity index (χ1) is 8.81. The maximum absolute atomic E-state index is 13.1. The molecule has 2 N–H and O–H groups in total. The van der Waals surface area contributed by atoms with E-state index in [-0.39, 0.29) is 18.0 Å². The lowest BCUT2D eigenvalue weighted by molar-refractivity contribution is -0.123. The summed E-state index contributed by atoms with van der Waals surface area (Å²) in [4.78, 5) is 11.7. The molecule has 0 spiro atoms. The normalized spacial score (nSPS) is 14.3. The minimum absolute atomic E-state index is 0.0651. The van der Waals surface area contributed by atoms with E-state index < -0.39 is 17.7 Å². The van der Waals surface area contributed by atoms with Gasteiger partial charge in [0.15, 0.2) is 11.6 Å².